The number of carbonyl (C=O) groups is 4. The van der Waals surface area contributed by atoms with Gasteiger partial charge in [0.05, 0.1) is 18.2 Å². The predicted octanol–water partition coefficient (Wildman–Crippen LogP) is 3.14. The van der Waals surface area contributed by atoms with Crippen LogP contribution in [0, 0.1) is 0 Å². The molecule has 9 heteroatoms. The zero-order valence-corrected chi connectivity index (χ0v) is 18.7. The summed E-state index contributed by atoms with van der Waals surface area (Å²) in [6, 6.07) is 12.8. The molecule has 1 aliphatic carbocycles. The lowest BCUT2D eigenvalue weighted by Crippen LogP contribution is -2.38. The number of benzene rings is 2. The van der Waals surface area contributed by atoms with E-state index in [-0.39, 0.29) is 24.3 Å². The summed E-state index contributed by atoms with van der Waals surface area (Å²) in [4.78, 5) is 54.1. The molecule has 4 N–H and O–H groups in total. The number of urea groups is 1. The molecule has 2 heterocycles. The molecule has 0 bridgehead atoms. The van der Waals surface area contributed by atoms with Crippen LogP contribution in [0.4, 0.5) is 16.2 Å². The lowest BCUT2D eigenvalue weighted by atomic mass is 9.91. The van der Waals surface area contributed by atoms with Gasteiger partial charge in [-0.25, -0.2) is 9.69 Å². The average Bonchev–Trinajstić information content (AvgIpc) is 3.31. The first-order chi connectivity index (χ1) is 16.4. The van der Waals surface area contributed by atoms with E-state index >= 15 is 0 Å². The summed E-state index contributed by atoms with van der Waals surface area (Å²) < 4.78 is 0. The number of para-hydroxylation sites is 1. The molecule has 0 saturated carbocycles. The van der Waals surface area contributed by atoms with Crippen LogP contribution < -0.4 is 20.9 Å². The Morgan fingerprint density at radius 3 is 2.76 bits per heavy atom. The summed E-state index contributed by atoms with van der Waals surface area (Å²) in [5.41, 5.74) is 4.08. The van der Waals surface area contributed by atoms with E-state index in [1.807, 2.05) is 18.2 Å². The van der Waals surface area contributed by atoms with E-state index in [0.717, 1.165) is 35.4 Å². The monoisotopic (exact) mass is 459 g/mol. The van der Waals surface area contributed by atoms with Gasteiger partial charge in [0.2, 0.25) is 11.8 Å². The van der Waals surface area contributed by atoms with Crippen molar-refractivity contribution in [1.82, 2.24) is 15.6 Å². The van der Waals surface area contributed by atoms with Crippen molar-refractivity contribution in [2.24, 2.45) is 0 Å². The Bertz CT molecular complexity index is 1310. The third-order valence-electron chi connectivity index (χ3n) is 6.28. The topological polar surface area (TPSA) is 123 Å². The Hall–Kier alpha value is -4.14. The highest BCUT2D eigenvalue weighted by Crippen LogP contribution is 2.34. The molecule has 0 radical (unpaired) electrons. The number of aromatic amines is 1. The maximum atomic E-state index is 13.0. The molecule has 34 heavy (non-hydrogen) atoms. The van der Waals surface area contributed by atoms with Crippen molar-refractivity contribution in [3.63, 3.8) is 0 Å². The fraction of sp³-hybridized carbons (Fsp3) is 0.280. The van der Waals surface area contributed by atoms with Crippen LogP contribution in [-0.4, -0.2) is 34.8 Å². The number of amides is 5. The van der Waals surface area contributed by atoms with Crippen molar-refractivity contribution in [1.29, 1.82) is 0 Å². The number of anilines is 2. The Kier molecular flexibility index (Phi) is 5.53. The van der Waals surface area contributed by atoms with E-state index in [4.69, 9.17) is 0 Å². The lowest BCUT2D eigenvalue weighted by molar-refractivity contribution is -0.126. The Morgan fingerprint density at radius 2 is 1.94 bits per heavy atom. The molecule has 2 atom stereocenters. The van der Waals surface area contributed by atoms with Crippen molar-refractivity contribution in [2.75, 3.05) is 10.2 Å². The second-order valence-corrected chi connectivity index (χ2v) is 8.69. The highest BCUT2D eigenvalue weighted by molar-refractivity contribution is 6.22. The second kappa shape index (κ2) is 8.66. The Morgan fingerprint density at radius 1 is 1.12 bits per heavy atom. The van der Waals surface area contributed by atoms with Crippen molar-refractivity contribution in [2.45, 2.75) is 44.7 Å². The molecule has 5 rings (SSSR count). The van der Waals surface area contributed by atoms with E-state index in [0.29, 0.717) is 11.4 Å². The molecule has 9 nitrogen and oxygen atoms in total. The van der Waals surface area contributed by atoms with Crippen molar-refractivity contribution < 1.29 is 19.2 Å². The molecular formula is C25H25N5O4. The first kappa shape index (κ1) is 21.7. The predicted molar refractivity (Wildman–Crippen MR) is 127 cm³/mol. The molecule has 5 amide bonds. The summed E-state index contributed by atoms with van der Waals surface area (Å²) in [5.74, 6) is -1.07. The third-order valence-corrected chi connectivity index (χ3v) is 6.28. The number of nitrogens with zero attached hydrogens (tertiary/aromatic N) is 1. The summed E-state index contributed by atoms with van der Waals surface area (Å²) in [7, 11) is 0. The molecule has 174 valence electrons. The number of fused-ring (bicyclic) bond motifs is 3. The van der Waals surface area contributed by atoms with Crippen molar-refractivity contribution >= 4 is 46.0 Å². The molecule has 3 aromatic rings. The van der Waals surface area contributed by atoms with Gasteiger partial charge in [0.15, 0.2) is 0 Å². The van der Waals surface area contributed by atoms with Gasteiger partial charge in [-0.2, -0.15) is 0 Å². The zero-order chi connectivity index (χ0) is 23.8. The molecule has 1 saturated heterocycles. The quantitative estimate of drug-likeness (QED) is 0.438. The van der Waals surface area contributed by atoms with Gasteiger partial charge < -0.3 is 20.9 Å². The van der Waals surface area contributed by atoms with Crippen molar-refractivity contribution in [3.05, 3.63) is 59.8 Å². The number of hydrogen-bond acceptors (Lipinski definition) is 4. The molecule has 1 fully saturated rings. The van der Waals surface area contributed by atoms with E-state index in [9.17, 15) is 19.2 Å². The van der Waals surface area contributed by atoms with Gasteiger partial charge in [0.25, 0.3) is 5.91 Å². The number of carbonyl (C=O) groups excluding carboxylic acids is 4. The summed E-state index contributed by atoms with van der Waals surface area (Å²) in [5, 5.41) is 9.45. The standard InChI is InChI=1S/C25H25N5O4/c1-14(31)26-15-6-4-7-16(12-15)30-24(33)21(29-25(30)34)13-22(32)27-20-11-5-9-18-17-8-2-3-10-19(17)28-23(18)20/h2-4,6-8,10,12,20-21,28H,5,9,11,13H2,1H3,(H,26,31)(H,27,32)(H,29,34)/t20?,21-/m1/s1. The highest BCUT2D eigenvalue weighted by atomic mass is 16.2. The number of hydrogen-bond donors (Lipinski definition) is 4. The van der Waals surface area contributed by atoms with Gasteiger partial charge in [0.1, 0.15) is 6.04 Å². The number of nitrogens with one attached hydrogen (secondary N) is 4. The average molecular weight is 460 g/mol. The van der Waals surface area contributed by atoms with Crippen LogP contribution >= 0.6 is 0 Å². The minimum absolute atomic E-state index is 0.154. The third kappa shape index (κ3) is 4.00. The van der Waals surface area contributed by atoms with Crippen LogP contribution in [0.25, 0.3) is 10.9 Å². The molecule has 1 aromatic heterocycles. The SMILES string of the molecule is CC(=O)Nc1cccc(N2C(=O)N[C@H](CC(=O)NC3CCCc4c3[nH]c3ccccc43)C2=O)c1. The number of H-pyrrole nitrogens is 1. The van der Waals surface area contributed by atoms with E-state index < -0.39 is 18.0 Å². The molecule has 2 aromatic carbocycles. The van der Waals surface area contributed by atoms with Gasteiger partial charge in [-0.05, 0) is 49.1 Å². The van der Waals surface area contributed by atoms with Gasteiger partial charge in [-0.15, -0.1) is 0 Å². The van der Waals surface area contributed by atoms with Crippen LogP contribution in [-0.2, 0) is 20.8 Å². The largest absolute Gasteiger partial charge is 0.356 e. The summed E-state index contributed by atoms with van der Waals surface area (Å²) >= 11 is 0. The second-order valence-electron chi connectivity index (χ2n) is 8.69. The molecular weight excluding hydrogens is 434 g/mol. The minimum Gasteiger partial charge on any atom is -0.356 e. The van der Waals surface area contributed by atoms with Crippen LogP contribution in [0.15, 0.2) is 48.5 Å². The normalized spacial score (nSPS) is 19.6. The maximum absolute atomic E-state index is 13.0. The molecule has 1 unspecified atom stereocenters. The van der Waals surface area contributed by atoms with Crippen LogP contribution in [0.1, 0.15) is 43.5 Å². The summed E-state index contributed by atoms with van der Waals surface area (Å²) in [6.45, 7) is 1.38. The number of rotatable bonds is 5. The number of aryl methyl sites for hydroxylation is 1. The van der Waals surface area contributed by atoms with Crippen LogP contribution in [0.3, 0.4) is 0 Å². The number of aromatic nitrogens is 1. The lowest BCUT2D eigenvalue weighted by Gasteiger charge is -2.24. The fourth-order valence-corrected chi connectivity index (χ4v) is 4.84. The molecule has 1 aliphatic heterocycles. The maximum Gasteiger partial charge on any atom is 0.329 e. The summed E-state index contributed by atoms with van der Waals surface area (Å²) in [6.07, 6.45) is 2.56. The van der Waals surface area contributed by atoms with E-state index in [1.165, 1.54) is 17.9 Å². The zero-order valence-electron chi connectivity index (χ0n) is 18.7. The molecule has 0 spiro atoms. The van der Waals surface area contributed by atoms with E-state index in [1.54, 1.807) is 24.3 Å². The van der Waals surface area contributed by atoms with Gasteiger partial charge in [-0.3, -0.25) is 14.4 Å². The smallest absolute Gasteiger partial charge is 0.329 e. The van der Waals surface area contributed by atoms with Crippen molar-refractivity contribution in [3.8, 4) is 0 Å². The fourth-order valence-electron chi connectivity index (χ4n) is 4.84. The van der Waals surface area contributed by atoms with Crippen LogP contribution in [0.2, 0.25) is 0 Å². The van der Waals surface area contributed by atoms with Gasteiger partial charge in [-0.1, -0.05) is 24.3 Å². The molecule has 2 aliphatic rings. The van der Waals surface area contributed by atoms with Crippen LogP contribution in [0.5, 0.6) is 0 Å². The first-order valence-electron chi connectivity index (χ1n) is 11.3. The highest BCUT2D eigenvalue weighted by Gasteiger charge is 2.40. The van der Waals surface area contributed by atoms with Gasteiger partial charge >= 0.3 is 6.03 Å². The minimum atomic E-state index is -0.956. The Labute approximate surface area is 195 Å². The number of imide groups is 1. The first-order valence-corrected chi connectivity index (χ1v) is 11.3. The van der Waals surface area contributed by atoms with E-state index in [2.05, 4.69) is 27.0 Å². The van der Waals surface area contributed by atoms with Gasteiger partial charge in [0, 0.05) is 29.2 Å². The Balaban J connectivity index is 1.28.